The van der Waals surface area contributed by atoms with Crippen LogP contribution in [0.2, 0.25) is 0 Å². The van der Waals surface area contributed by atoms with E-state index in [1.165, 1.54) is 18.4 Å². The molecule has 1 aromatic carbocycles. The number of nitrogen functional groups attached to an aromatic ring is 1. The van der Waals surface area contributed by atoms with E-state index < -0.39 is 0 Å². The maximum absolute atomic E-state index is 5.73. The van der Waals surface area contributed by atoms with Crippen LogP contribution < -0.4 is 15.4 Å². The summed E-state index contributed by atoms with van der Waals surface area (Å²) in [4.78, 5) is 6.85. The Bertz CT molecular complexity index is 561. The van der Waals surface area contributed by atoms with Gasteiger partial charge in [-0.2, -0.15) is 0 Å². The SMILES string of the molecule is COc1ccc(N(Cc2ccc(N)cc2)C2CC2)nc1. The first-order valence-corrected chi connectivity index (χ1v) is 6.87. The van der Waals surface area contributed by atoms with Gasteiger partial charge in [0.15, 0.2) is 0 Å². The molecule has 0 unspecified atom stereocenters. The second kappa shape index (κ2) is 5.41. The highest BCUT2D eigenvalue weighted by atomic mass is 16.5. The Morgan fingerprint density at radius 1 is 1.20 bits per heavy atom. The van der Waals surface area contributed by atoms with Crippen molar-refractivity contribution in [1.82, 2.24) is 4.98 Å². The first-order chi connectivity index (χ1) is 9.76. The molecule has 0 atom stereocenters. The minimum absolute atomic E-state index is 0.605. The van der Waals surface area contributed by atoms with E-state index in [4.69, 9.17) is 10.5 Å². The molecule has 0 bridgehead atoms. The average molecular weight is 269 g/mol. The van der Waals surface area contributed by atoms with Gasteiger partial charge in [-0.3, -0.25) is 0 Å². The van der Waals surface area contributed by atoms with Crippen LogP contribution in [0.4, 0.5) is 11.5 Å². The molecule has 2 aromatic rings. The number of benzene rings is 1. The van der Waals surface area contributed by atoms with Gasteiger partial charge in [0.1, 0.15) is 11.6 Å². The lowest BCUT2D eigenvalue weighted by Gasteiger charge is -2.23. The van der Waals surface area contributed by atoms with Gasteiger partial charge in [-0.1, -0.05) is 12.1 Å². The topological polar surface area (TPSA) is 51.4 Å². The molecule has 20 heavy (non-hydrogen) atoms. The van der Waals surface area contributed by atoms with Crippen molar-refractivity contribution in [2.75, 3.05) is 17.7 Å². The number of nitrogens with two attached hydrogens (primary N) is 1. The normalized spacial score (nSPS) is 14.1. The fourth-order valence-corrected chi connectivity index (χ4v) is 2.27. The second-order valence-electron chi connectivity index (χ2n) is 5.16. The fraction of sp³-hybridized carbons (Fsp3) is 0.312. The third-order valence-corrected chi connectivity index (χ3v) is 3.57. The van der Waals surface area contributed by atoms with Crippen LogP contribution in [0.25, 0.3) is 0 Å². The number of pyridine rings is 1. The summed E-state index contributed by atoms with van der Waals surface area (Å²) in [6.07, 6.45) is 4.25. The number of hydrogen-bond acceptors (Lipinski definition) is 4. The zero-order valence-corrected chi connectivity index (χ0v) is 11.6. The van der Waals surface area contributed by atoms with E-state index in [2.05, 4.69) is 22.0 Å². The van der Waals surface area contributed by atoms with Gasteiger partial charge in [0.05, 0.1) is 13.3 Å². The highest BCUT2D eigenvalue weighted by molar-refractivity contribution is 5.46. The minimum atomic E-state index is 0.605. The Hall–Kier alpha value is -2.23. The van der Waals surface area contributed by atoms with Crippen molar-refractivity contribution in [3.63, 3.8) is 0 Å². The molecule has 0 radical (unpaired) electrons. The van der Waals surface area contributed by atoms with E-state index in [1.807, 2.05) is 24.3 Å². The first-order valence-electron chi connectivity index (χ1n) is 6.87. The van der Waals surface area contributed by atoms with E-state index in [0.717, 1.165) is 23.8 Å². The predicted molar refractivity (Wildman–Crippen MR) is 80.8 cm³/mol. The summed E-state index contributed by atoms with van der Waals surface area (Å²) in [5.41, 5.74) is 7.79. The Kier molecular flexibility index (Phi) is 3.46. The van der Waals surface area contributed by atoms with Crippen LogP contribution in [0.15, 0.2) is 42.6 Å². The van der Waals surface area contributed by atoms with Gasteiger partial charge in [-0.25, -0.2) is 4.98 Å². The summed E-state index contributed by atoms with van der Waals surface area (Å²) < 4.78 is 5.16. The molecule has 1 heterocycles. The highest BCUT2D eigenvalue weighted by Gasteiger charge is 2.30. The fourth-order valence-electron chi connectivity index (χ4n) is 2.27. The number of methoxy groups -OCH3 is 1. The molecule has 3 rings (SSSR count). The number of anilines is 2. The van der Waals surface area contributed by atoms with Crippen LogP contribution in [-0.2, 0) is 6.54 Å². The molecule has 0 spiro atoms. The molecular weight excluding hydrogens is 250 g/mol. The maximum atomic E-state index is 5.73. The highest BCUT2D eigenvalue weighted by Crippen LogP contribution is 2.32. The lowest BCUT2D eigenvalue weighted by molar-refractivity contribution is 0.413. The lowest BCUT2D eigenvalue weighted by Crippen LogP contribution is -2.25. The van der Waals surface area contributed by atoms with Gasteiger partial charge in [-0.05, 0) is 42.7 Å². The molecule has 4 heteroatoms. The van der Waals surface area contributed by atoms with E-state index in [0.29, 0.717) is 6.04 Å². The molecule has 1 saturated carbocycles. The molecule has 2 N–H and O–H groups in total. The van der Waals surface area contributed by atoms with Gasteiger partial charge < -0.3 is 15.4 Å². The van der Waals surface area contributed by atoms with Crippen LogP contribution >= 0.6 is 0 Å². The largest absolute Gasteiger partial charge is 0.495 e. The zero-order valence-electron chi connectivity index (χ0n) is 11.6. The first kappa shape index (κ1) is 12.8. The van der Waals surface area contributed by atoms with E-state index in [9.17, 15) is 0 Å². The number of aromatic nitrogens is 1. The Balaban J connectivity index is 1.79. The molecule has 0 amide bonds. The maximum Gasteiger partial charge on any atom is 0.137 e. The third-order valence-electron chi connectivity index (χ3n) is 3.57. The Morgan fingerprint density at radius 3 is 2.50 bits per heavy atom. The summed E-state index contributed by atoms with van der Waals surface area (Å²) in [6.45, 7) is 0.865. The number of hydrogen-bond donors (Lipinski definition) is 1. The van der Waals surface area contributed by atoms with Crippen LogP contribution in [-0.4, -0.2) is 18.1 Å². The zero-order chi connectivity index (χ0) is 13.9. The molecule has 104 valence electrons. The molecule has 0 saturated heterocycles. The van der Waals surface area contributed by atoms with Crippen molar-refractivity contribution < 1.29 is 4.74 Å². The van der Waals surface area contributed by atoms with Crippen LogP contribution in [0.3, 0.4) is 0 Å². The Morgan fingerprint density at radius 2 is 1.95 bits per heavy atom. The van der Waals surface area contributed by atoms with Crippen molar-refractivity contribution in [1.29, 1.82) is 0 Å². The Labute approximate surface area is 119 Å². The minimum Gasteiger partial charge on any atom is -0.495 e. The van der Waals surface area contributed by atoms with Gasteiger partial charge in [-0.15, -0.1) is 0 Å². The van der Waals surface area contributed by atoms with Crippen molar-refractivity contribution in [2.45, 2.75) is 25.4 Å². The molecule has 0 aliphatic heterocycles. The second-order valence-corrected chi connectivity index (χ2v) is 5.16. The van der Waals surface area contributed by atoms with Crippen LogP contribution in [0.5, 0.6) is 5.75 Å². The molecule has 1 fully saturated rings. The number of nitrogens with zero attached hydrogens (tertiary/aromatic N) is 2. The van der Waals surface area contributed by atoms with E-state index in [1.54, 1.807) is 13.3 Å². The standard InChI is InChI=1S/C16H19N3O/c1-20-15-8-9-16(18-10-15)19(14-6-7-14)11-12-2-4-13(17)5-3-12/h2-5,8-10,14H,6-7,11,17H2,1H3. The quantitative estimate of drug-likeness (QED) is 0.848. The third kappa shape index (κ3) is 2.85. The monoisotopic (exact) mass is 269 g/mol. The lowest BCUT2D eigenvalue weighted by atomic mass is 10.2. The van der Waals surface area contributed by atoms with Crippen molar-refractivity contribution >= 4 is 11.5 Å². The van der Waals surface area contributed by atoms with Gasteiger partial charge in [0, 0.05) is 18.3 Å². The molecule has 4 nitrogen and oxygen atoms in total. The van der Waals surface area contributed by atoms with Crippen molar-refractivity contribution in [3.8, 4) is 5.75 Å². The summed E-state index contributed by atoms with van der Waals surface area (Å²) >= 11 is 0. The predicted octanol–water partition coefficient (Wildman–Crippen LogP) is 2.84. The van der Waals surface area contributed by atoms with Gasteiger partial charge >= 0.3 is 0 Å². The van der Waals surface area contributed by atoms with Crippen LogP contribution in [0.1, 0.15) is 18.4 Å². The smallest absolute Gasteiger partial charge is 0.137 e. The molecule has 1 aromatic heterocycles. The van der Waals surface area contributed by atoms with E-state index in [-0.39, 0.29) is 0 Å². The van der Waals surface area contributed by atoms with Crippen LogP contribution in [0, 0.1) is 0 Å². The number of ether oxygens (including phenoxy) is 1. The van der Waals surface area contributed by atoms with Gasteiger partial charge in [0.2, 0.25) is 0 Å². The average Bonchev–Trinajstić information content (AvgIpc) is 3.31. The van der Waals surface area contributed by atoms with Crippen molar-refractivity contribution in [3.05, 3.63) is 48.2 Å². The summed E-state index contributed by atoms with van der Waals surface area (Å²) in [5.74, 6) is 1.79. The summed E-state index contributed by atoms with van der Waals surface area (Å²) in [5, 5.41) is 0. The van der Waals surface area contributed by atoms with Crippen molar-refractivity contribution in [2.24, 2.45) is 0 Å². The van der Waals surface area contributed by atoms with E-state index >= 15 is 0 Å². The summed E-state index contributed by atoms with van der Waals surface area (Å²) in [6, 6.07) is 12.6. The van der Waals surface area contributed by atoms with Gasteiger partial charge in [0.25, 0.3) is 0 Å². The number of rotatable bonds is 5. The molecular formula is C16H19N3O. The molecule has 1 aliphatic rings. The molecule has 1 aliphatic carbocycles. The summed E-state index contributed by atoms with van der Waals surface area (Å²) in [7, 11) is 1.66.